The number of nitrogens with zero attached hydrogens (tertiary/aromatic N) is 4. The average Bonchev–Trinajstić information content (AvgIpc) is 3.16. The summed E-state index contributed by atoms with van der Waals surface area (Å²) >= 11 is 0. The van der Waals surface area contributed by atoms with Crippen LogP contribution in [0.3, 0.4) is 0 Å². The number of fused-ring (bicyclic) bond motifs is 1. The van der Waals surface area contributed by atoms with E-state index in [0.717, 1.165) is 17.5 Å². The number of amides is 1. The van der Waals surface area contributed by atoms with E-state index in [-0.39, 0.29) is 29.7 Å². The van der Waals surface area contributed by atoms with Crippen LogP contribution in [0, 0.1) is 5.41 Å². The maximum atomic E-state index is 13.8. The summed E-state index contributed by atoms with van der Waals surface area (Å²) in [6, 6.07) is 4.95. The van der Waals surface area contributed by atoms with Crippen molar-refractivity contribution in [3.63, 3.8) is 0 Å². The fourth-order valence-corrected chi connectivity index (χ4v) is 4.42. The zero-order valence-electron chi connectivity index (χ0n) is 18.0. The third-order valence-electron chi connectivity index (χ3n) is 6.27. The molecular formula is C22H28F3N5O. The van der Waals surface area contributed by atoms with E-state index < -0.39 is 12.2 Å². The Hall–Kier alpha value is -2.58. The number of nitrogens with one attached hydrogen (secondary N) is 1. The molecule has 1 fully saturated rings. The average molecular weight is 435 g/mol. The Labute approximate surface area is 179 Å². The van der Waals surface area contributed by atoms with Gasteiger partial charge in [-0.2, -0.15) is 18.3 Å². The Morgan fingerprint density at radius 1 is 1.23 bits per heavy atom. The minimum absolute atomic E-state index is 0.0595. The van der Waals surface area contributed by atoms with Crippen molar-refractivity contribution in [1.82, 2.24) is 19.7 Å². The lowest BCUT2D eigenvalue weighted by atomic mass is 9.82. The van der Waals surface area contributed by atoms with Crippen molar-refractivity contribution in [2.45, 2.75) is 64.2 Å². The number of carbonyl (C=O) groups is 1. The van der Waals surface area contributed by atoms with Gasteiger partial charge in [-0.1, -0.05) is 26.8 Å². The molecule has 2 aliphatic rings. The molecule has 0 saturated carbocycles. The number of piperidine rings is 1. The highest BCUT2D eigenvalue weighted by atomic mass is 19.4. The molecule has 0 aliphatic carbocycles. The van der Waals surface area contributed by atoms with Gasteiger partial charge in [0.15, 0.2) is 6.04 Å². The van der Waals surface area contributed by atoms with Crippen LogP contribution in [0.5, 0.6) is 0 Å². The minimum atomic E-state index is -4.38. The monoisotopic (exact) mass is 435 g/mol. The number of rotatable bonds is 2. The van der Waals surface area contributed by atoms with Gasteiger partial charge in [-0.05, 0) is 36.8 Å². The van der Waals surface area contributed by atoms with Gasteiger partial charge in [0.2, 0.25) is 0 Å². The Morgan fingerprint density at radius 2 is 2.00 bits per heavy atom. The molecule has 4 rings (SSSR count). The molecule has 0 radical (unpaired) electrons. The number of halogens is 3. The predicted molar refractivity (Wildman–Crippen MR) is 111 cm³/mol. The van der Waals surface area contributed by atoms with E-state index >= 15 is 0 Å². The summed E-state index contributed by atoms with van der Waals surface area (Å²) in [4.78, 5) is 18.6. The van der Waals surface area contributed by atoms with Gasteiger partial charge in [-0.3, -0.25) is 9.78 Å². The SMILES string of the molecule is CC(C)(C)[C@@H]1C[C@@H](C(F)(F)F)n2nc([C@H]3CCCN(C(=O)c4ccccn4)C3)cc2N1. The van der Waals surface area contributed by atoms with Crippen molar-refractivity contribution in [3.05, 3.63) is 41.9 Å². The van der Waals surface area contributed by atoms with Gasteiger partial charge >= 0.3 is 6.18 Å². The molecule has 1 saturated heterocycles. The fourth-order valence-electron chi connectivity index (χ4n) is 4.42. The smallest absolute Gasteiger partial charge is 0.367 e. The van der Waals surface area contributed by atoms with Gasteiger partial charge in [0.05, 0.1) is 5.69 Å². The van der Waals surface area contributed by atoms with Gasteiger partial charge < -0.3 is 10.2 Å². The highest BCUT2D eigenvalue weighted by molar-refractivity contribution is 5.92. The molecule has 168 valence electrons. The molecule has 0 spiro atoms. The second kappa shape index (κ2) is 7.84. The number of hydrogen-bond donors (Lipinski definition) is 1. The molecule has 0 bridgehead atoms. The normalized spacial score (nSPS) is 24.5. The van der Waals surface area contributed by atoms with E-state index in [2.05, 4.69) is 15.4 Å². The van der Waals surface area contributed by atoms with Crippen molar-refractivity contribution in [1.29, 1.82) is 0 Å². The van der Waals surface area contributed by atoms with Crippen molar-refractivity contribution in [2.24, 2.45) is 5.41 Å². The summed E-state index contributed by atoms with van der Waals surface area (Å²) in [5.74, 6) is 0.133. The summed E-state index contributed by atoms with van der Waals surface area (Å²) in [5, 5.41) is 7.65. The summed E-state index contributed by atoms with van der Waals surface area (Å²) < 4.78 is 42.6. The van der Waals surface area contributed by atoms with Gasteiger partial charge in [0.25, 0.3) is 5.91 Å². The molecule has 9 heteroatoms. The van der Waals surface area contributed by atoms with Crippen LogP contribution in [0.4, 0.5) is 19.0 Å². The van der Waals surface area contributed by atoms with E-state index in [1.54, 1.807) is 35.4 Å². The van der Waals surface area contributed by atoms with E-state index in [1.807, 2.05) is 20.8 Å². The first-order valence-corrected chi connectivity index (χ1v) is 10.7. The van der Waals surface area contributed by atoms with Gasteiger partial charge in [-0.15, -0.1) is 0 Å². The summed E-state index contributed by atoms with van der Waals surface area (Å²) in [6.45, 7) is 6.84. The Balaban J connectivity index is 1.59. The number of alkyl halides is 3. The molecule has 2 aliphatic heterocycles. The van der Waals surface area contributed by atoms with Crippen LogP contribution in [0.1, 0.15) is 68.2 Å². The van der Waals surface area contributed by atoms with E-state index in [1.165, 1.54) is 0 Å². The largest absolute Gasteiger partial charge is 0.410 e. The van der Waals surface area contributed by atoms with E-state index in [9.17, 15) is 18.0 Å². The lowest BCUT2D eigenvalue weighted by Gasteiger charge is -2.39. The number of pyridine rings is 1. The summed E-state index contributed by atoms with van der Waals surface area (Å²) in [6.07, 6.45) is -1.31. The third-order valence-corrected chi connectivity index (χ3v) is 6.27. The number of hydrogen-bond acceptors (Lipinski definition) is 4. The molecule has 6 nitrogen and oxygen atoms in total. The fraction of sp³-hybridized carbons (Fsp3) is 0.591. The lowest BCUT2D eigenvalue weighted by molar-refractivity contribution is -0.175. The zero-order chi connectivity index (χ0) is 22.4. The molecule has 4 heterocycles. The predicted octanol–water partition coefficient (Wildman–Crippen LogP) is 4.63. The van der Waals surface area contributed by atoms with Crippen molar-refractivity contribution in [3.8, 4) is 0 Å². The summed E-state index contributed by atoms with van der Waals surface area (Å²) in [5.41, 5.74) is 0.652. The van der Waals surface area contributed by atoms with E-state index in [0.29, 0.717) is 30.3 Å². The van der Waals surface area contributed by atoms with Crippen LogP contribution < -0.4 is 5.32 Å². The number of aromatic nitrogens is 3. The molecule has 3 atom stereocenters. The first-order valence-electron chi connectivity index (χ1n) is 10.7. The van der Waals surface area contributed by atoms with Crippen molar-refractivity contribution >= 4 is 11.7 Å². The van der Waals surface area contributed by atoms with Crippen molar-refractivity contribution < 1.29 is 18.0 Å². The number of anilines is 1. The van der Waals surface area contributed by atoms with Gasteiger partial charge in [0, 0.05) is 37.3 Å². The van der Waals surface area contributed by atoms with Crippen LogP contribution in [-0.4, -0.2) is 50.9 Å². The third kappa shape index (κ3) is 4.41. The lowest BCUT2D eigenvalue weighted by Crippen LogP contribution is -2.44. The topological polar surface area (TPSA) is 63.1 Å². The van der Waals surface area contributed by atoms with Crippen LogP contribution in [-0.2, 0) is 0 Å². The van der Waals surface area contributed by atoms with Gasteiger partial charge in [-0.25, -0.2) is 4.68 Å². The van der Waals surface area contributed by atoms with Crippen LogP contribution >= 0.6 is 0 Å². The number of likely N-dealkylation sites (tertiary alicyclic amines) is 1. The van der Waals surface area contributed by atoms with Crippen molar-refractivity contribution in [2.75, 3.05) is 18.4 Å². The molecule has 2 aromatic rings. The Morgan fingerprint density at radius 3 is 2.65 bits per heavy atom. The van der Waals surface area contributed by atoms with Crippen LogP contribution in [0.25, 0.3) is 0 Å². The standard InChI is InChI=1S/C22H28F3N5O/c1-21(2,3)17-12-18(22(23,24)25)30-19(27-17)11-16(28-30)14-7-6-10-29(13-14)20(31)15-8-4-5-9-26-15/h4-5,8-9,11,14,17-18,27H,6-7,10,12-13H2,1-3H3/t14-,17-,18-/m0/s1. The molecule has 1 N–H and O–H groups in total. The molecule has 1 amide bonds. The summed E-state index contributed by atoms with van der Waals surface area (Å²) in [7, 11) is 0. The molecule has 2 aromatic heterocycles. The Kier molecular flexibility index (Phi) is 5.47. The first kappa shape index (κ1) is 21.6. The molecular weight excluding hydrogens is 407 g/mol. The highest BCUT2D eigenvalue weighted by Gasteiger charge is 2.48. The first-order chi connectivity index (χ1) is 14.5. The maximum absolute atomic E-state index is 13.8. The second-order valence-electron chi connectivity index (χ2n) is 9.56. The van der Waals surface area contributed by atoms with Crippen LogP contribution in [0.15, 0.2) is 30.5 Å². The molecule has 0 aromatic carbocycles. The molecule has 31 heavy (non-hydrogen) atoms. The molecule has 0 unspecified atom stereocenters. The van der Waals surface area contributed by atoms with Crippen LogP contribution in [0.2, 0.25) is 0 Å². The minimum Gasteiger partial charge on any atom is -0.367 e. The number of carbonyl (C=O) groups excluding carboxylic acids is 1. The van der Waals surface area contributed by atoms with Gasteiger partial charge in [0.1, 0.15) is 11.5 Å². The highest BCUT2D eigenvalue weighted by Crippen LogP contribution is 2.44. The Bertz CT molecular complexity index is 935. The maximum Gasteiger partial charge on any atom is 0.410 e. The zero-order valence-corrected chi connectivity index (χ0v) is 18.0. The quantitative estimate of drug-likeness (QED) is 0.747. The van der Waals surface area contributed by atoms with E-state index in [4.69, 9.17) is 0 Å². The second-order valence-corrected chi connectivity index (χ2v) is 9.56.